The highest BCUT2D eigenvalue weighted by Gasteiger charge is 2.32. The van der Waals surface area contributed by atoms with Crippen LogP contribution in [-0.4, -0.2) is 36.2 Å². The second-order valence-electron chi connectivity index (χ2n) is 3.99. The lowest BCUT2D eigenvalue weighted by molar-refractivity contribution is -0.166. The van der Waals surface area contributed by atoms with E-state index in [4.69, 9.17) is 14.2 Å². The fourth-order valence-electron chi connectivity index (χ4n) is 1.73. The average molecular weight is 256 g/mol. The Balaban J connectivity index is 2.73. The first-order valence-electron chi connectivity index (χ1n) is 5.58. The van der Waals surface area contributed by atoms with E-state index in [2.05, 4.69) is 0 Å². The third-order valence-corrected chi connectivity index (χ3v) is 2.28. The SMILES string of the molecule is CC(=O)O[C@H]1C=C[C@@H](OC(C)=O)[C@H](OC(C)=O)C1. The number of hydrogen-bond acceptors (Lipinski definition) is 6. The third kappa shape index (κ3) is 4.57. The van der Waals surface area contributed by atoms with Gasteiger partial charge in [0, 0.05) is 27.2 Å². The third-order valence-electron chi connectivity index (χ3n) is 2.28. The van der Waals surface area contributed by atoms with Gasteiger partial charge in [0.15, 0.2) is 6.10 Å². The molecule has 100 valence electrons. The van der Waals surface area contributed by atoms with E-state index in [1.54, 1.807) is 12.2 Å². The molecule has 0 spiro atoms. The molecule has 0 saturated heterocycles. The minimum Gasteiger partial charge on any atom is -0.458 e. The molecule has 0 radical (unpaired) electrons. The molecule has 0 fully saturated rings. The average Bonchev–Trinajstić information content (AvgIpc) is 2.19. The molecule has 0 aliphatic heterocycles. The van der Waals surface area contributed by atoms with Gasteiger partial charge < -0.3 is 14.2 Å². The molecule has 6 heteroatoms. The Bertz CT molecular complexity index is 373. The first kappa shape index (κ1) is 14.2. The van der Waals surface area contributed by atoms with Crippen molar-refractivity contribution in [2.24, 2.45) is 0 Å². The van der Waals surface area contributed by atoms with Crippen LogP contribution >= 0.6 is 0 Å². The molecule has 1 aliphatic rings. The van der Waals surface area contributed by atoms with Crippen LogP contribution in [-0.2, 0) is 28.6 Å². The van der Waals surface area contributed by atoms with Crippen LogP contribution in [0.1, 0.15) is 27.2 Å². The second-order valence-corrected chi connectivity index (χ2v) is 3.99. The zero-order valence-electron chi connectivity index (χ0n) is 10.5. The molecule has 18 heavy (non-hydrogen) atoms. The van der Waals surface area contributed by atoms with Gasteiger partial charge in [0.05, 0.1) is 0 Å². The minimum absolute atomic E-state index is 0.271. The van der Waals surface area contributed by atoms with Gasteiger partial charge in [0.25, 0.3) is 0 Å². The highest BCUT2D eigenvalue weighted by molar-refractivity contribution is 5.68. The van der Waals surface area contributed by atoms with Crippen molar-refractivity contribution in [3.05, 3.63) is 12.2 Å². The molecule has 6 nitrogen and oxygen atoms in total. The van der Waals surface area contributed by atoms with E-state index in [-0.39, 0.29) is 6.42 Å². The lowest BCUT2D eigenvalue weighted by atomic mass is 9.99. The summed E-state index contributed by atoms with van der Waals surface area (Å²) in [5.41, 5.74) is 0. The lowest BCUT2D eigenvalue weighted by Gasteiger charge is -2.30. The predicted molar refractivity (Wildman–Crippen MR) is 60.4 cm³/mol. The van der Waals surface area contributed by atoms with Gasteiger partial charge >= 0.3 is 17.9 Å². The summed E-state index contributed by atoms with van der Waals surface area (Å²) in [5, 5.41) is 0. The van der Waals surface area contributed by atoms with Crippen molar-refractivity contribution in [1.82, 2.24) is 0 Å². The van der Waals surface area contributed by atoms with Gasteiger partial charge in [-0.15, -0.1) is 0 Å². The molecule has 0 aromatic carbocycles. The van der Waals surface area contributed by atoms with Gasteiger partial charge in [-0.3, -0.25) is 14.4 Å². The molecule has 1 rings (SSSR count). The maximum Gasteiger partial charge on any atom is 0.303 e. The summed E-state index contributed by atoms with van der Waals surface area (Å²) in [6.45, 7) is 3.84. The number of hydrogen-bond donors (Lipinski definition) is 0. The van der Waals surface area contributed by atoms with Crippen LogP contribution in [0.5, 0.6) is 0 Å². The van der Waals surface area contributed by atoms with E-state index in [1.807, 2.05) is 0 Å². The largest absolute Gasteiger partial charge is 0.458 e. The normalized spacial score (nSPS) is 26.3. The monoisotopic (exact) mass is 256 g/mol. The van der Waals surface area contributed by atoms with Crippen LogP contribution in [0, 0.1) is 0 Å². The molecule has 0 aromatic rings. The molecule has 0 N–H and O–H groups in total. The minimum atomic E-state index is -0.641. The predicted octanol–water partition coefficient (Wildman–Crippen LogP) is 0.741. The summed E-state index contributed by atoms with van der Waals surface area (Å²) < 4.78 is 15.1. The standard InChI is InChI=1S/C12H16O6/c1-7(13)16-10-4-5-11(17-8(2)14)12(6-10)18-9(3)15/h4-5,10-12H,6H2,1-3H3/t10-,11+,12+/m0/s1. The van der Waals surface area contributed by atoms with Crippen molar-refractivity contribution in [2.45, 2.75) is 45.5 Å². The number of carbonyl (C=O) groups excluding carboxylic acids is 3. The summed E-state index contributed by atoms with van der Waals surface area (Å²) >= 11 is 0. The van der Waals surface area contributed by atoms with E-state index in [1.165, 1.54) is 20.8 Å². The van der Waals surface area contributed by atoms with Crippen LogP contribution in [0.15, 0.2) is 12.2 Å². The van der Waals surface area contributed by atoms with Crippen molar-refractivity contribution >= 4 is 17.9 Å². The van der Waals surface area contributed by atoms with Crippen LogP contribution in [0.4, 0.5) is 0 Å². The molecule has 0 heterocycles. The molecule has 0 bridgehead atoms. The van der Waals surface area contributed by atoms with E-state index >= 15 is 0 Å². The molecule has 0 amide bonds. The molecular formula is C12H16O6. The van der Waals surface area contributed by atoms with E-state index in [0.29, 0.717) is 0 Å². The van der Waals surface area contributed by atoms with Crippen LogP contribution < -0.4 is 0 Å². The lowest BCUT2D eigenvalue weighted by Crippen LogP contribution is -2.39. The molecule has 0 aromatic heterocycles. The molecule has 0 unspecified atom stereocenters. The smallest absolute Gasteiger partial charge is 0.303 e. The summed E-state index contributed by atoms with van der Waals surface area (Å²) in [6, 6.07) is 0. The number of rotatable bonds is 3. The zero-order chi connectivity index (χ0) is 13.7. The fraction of sp³-hybridized carbons (Fsp3) is 0.583. The maximum absolute atomic E-state index is 11.0. The number of esters is 3. The Hall–Kier alpha value is -1.85. The quantitative estimate of drug-likeness (QED) is 0.421. The molecular weight excluding hydrogens is 240 g/mol. The summed E-state index contributed by atoms with van der Waals surface area (Å²) in [5.74, 6) is -1.36. The molecule has 3 atom stereocenters. The van der Waals surface area contributed by atoms with Gasteiger partial charge in [-0.25, -0.2) is 0 Å². The Kier molecular flexibility index (Phi) is 4.88. The Labute approximate surface area is 105 Å². The molecule has 1 aliphatic carbocycles. The zero-order valence-corrected chi connectivity index (χ0v) is 10.5. The van der Waals surface area contributed by atoms with Crippen LogP contribution in [0.25, 0.3) is 0 Å². The summed E-state index contributed by atoms with van der Waals surface area (Å²) in [7, 11) is 0. The van der Waals surface area contributed by atoms with Crippen LogP contribution in [0.3, 0.4) is 0 Å². The van der Waals surface area contributed by atoms with Gasteiger partial charge in [0.1, 0.15) is 12.2 Å². The Morgan fingerprint density at radius 3 is 1.94 bits per heavy atom. The topological polar surface area (TPSA) is 78.9 Å². The van der Waals surface area contributed by atoms with Crippen molar-refractivity contribution in [2.75, 3.05) is 0 Å². The van der Waals surface area contributed by atoms with E-state index in [0.717, 1.165) is 0 Å². The van der Waals surface area contributed by atoms with E-state index < -0.39 is 36.2 Å². The van der Waals surface area contributed by atoms with Crippen molar-refractivity contribution in [3.8, 4) is 0 Å². The van der Waals surface area contributed by atoms with Gasteiger partial charge in [0.2, 0.25) is 0 Å². The second kappa shape index (κ2) is 6.18. The summed E-state index contributed by atoms with van der Waals surface area (Å²) in [4.78, 5) is 32.7. The first-order valence-corrected chi connectivity index (χ1v) is 5.58. The van der Waals surface area contributed by atoms with Gasteiger partial charge in [-0.1, -0.05) is 0 Å². The van der Waals surface area contributed by atoms with Gasteiger partial charge in [-0.05, 0) is 12.2 Å². The molecule has 0 saturated carbocycles. The Morgan fingerprint density at radius 1 is 0.889 bits per heavy atom. The van der Waals surface area contributed by atoms with Crippen LogP contribution in [0.2, 0.25) is 0 Å². The van der Waals surface area contributed by atoms with Crippen molar-refractivity contribution in [3.63, 3.8) is 0 Å². The first-order chi connectivity index (χ1) is 8.38. The highest BCUT2D eigenvalue weighted by atomic mass is 16.6. The highest BCUT2D eigenvalue weighted by Crippen LogP contribution is 2.21. The van der Waals surface area contributed by atoms with Crippen molar-refractivity contribution < 1.29 is 28.6 Å². The Morgan fingerprint density at radius 2 is 1.44 bits per heavy atom. The van der Waals surface area contributed by atoms with Crippen molar-refractivity contribution in [1.29, 1.82) is 0 Å². The number of carbonyl (C=O) groups is 3. The maximum atomic E-state index is 11.0. The summed E-state index contributed by atoms with van der Waals surface area (Å²) in [6.07, 6.45) is 1.70. The fourth-order valence-corrected chi connectivity index (χ4v) is 1.73. The number of ether oxygens (including phenoxy) is 3. The van der Waals surface area contributed by atoms with E-state index in [9.17, 15) is 14.4 Å². The van der Waals surface area contributed by atoms with Gasteiger partial charge in [-0.2, -0.15) is 0 Å².